The van der Waals surface area contributed by atoms with Gasteiger partial charge in [-0.05, 0) is 6.42 Å². The molecule has 1 aromatic heterocycles. The fraction of sp³-hybridized carbons (Fsp3) is 0.556. The maximum atomic E-state index is 11.4. The van der Waals surface area contributed by atoms with Crippen LogP contribution in [-0.2, 0) is 11.3 Å². The SMILES string of the molecule is CCC(C)C(=O)Cn1ccnc1. The first-order valence-electron chi connectivity index (χ1n) is 4.22. The van der Waals surface area contributed by atoms with Crippen LogP contribution in [0, 0.1) is 5.92 Å². The summed E-state index contributed by atoms with van der Waals surface area (Å²) in [5, 5.41) is 0. The molecule has 1 aromatic rings. The number of ketones is 1. The van der Waals surface area contributed by atoms with Crippen molar-refractivity contribution < 1.29 is 4.79 Å². The maximum Gasteiger partial charge on any atom is 0.155 e. The summed E-state index contributed by atoms with van der Waals surface area (Å²) in [5.41, 5.74) is 0. The second-order valence-electron chi connectivity index (χ2n) is 3.01. The Morgan fingerprint density at radius 2 is 2.42 bits per heavy atom. The van der Waals surface area contributed by atoms with E-state index in [1.165, 1.54) is 0 Å². The predicted molar refractivity (Wildman–Crippen MR) is 46.7 cm³/mol. The van der Waals surface area contributed by atoms with Crippen LogP contribution < -0.4 is 0 Å². The van der Waals surface area contributed by atoms with Crippen molar-refractivity contribution in [3.63, 3.8) is 0 Å². The minimum absolute atomic E-state index is 0.160. The van der Waals surface area contributed by atoms with E-state index in [2.05, 4.69) is 4.98 Å². The Labute approximate surface area is 72.4 Å². The molecule has 1 unspecified atom stereocenters. The largest absolute Gasteiger partial charge is 0.330 e. The molecule has 3 heteroatoms. The summed E-state index contributed by atoms with van der Waals surface area (Å²) in [6, 6.07) is 0. The quantitative estimate of drug-likeness (QED) is 0.679. The van der Waals surface area contributed by atoms with Gasteiger partial charge in [0.2, 0.25) is 0 Å². The number of imidazole rings is 1. The van der Waals surface area contributed by atoms with E-state index in [0.717, 1.165) is 6.42 Å². The molecule has 0 saturated carbocycles. The number of hydrogen-bond donors (Lipinski definition) is 0. The summed E-state index contributed by atoms with van der Waals surface area (Å²) in [7, 11) is 0. The average molecular weight is 166 g/mol. The molecule has 1 atom stereocenters. The van der Waals surface area contributed by atoms with Gasteiger partial charge in [-0.25, -0.2) is 4.98 Å². The van der Waals surface area contributed by atoms with Gasteiger partial charge in [0, 0.05) is 18.3 Å². The molecule has 1 rings (SSSR count). The van der Waals surface area contributed by atoms with Crippen molar-refractivity contribution in [1.82, 2.24) is 9.55 Å². The minimum atomic E-state index is 0.160. The molecule has 3 nitrogen and oxygen atoms in total. The topological polar surface area (TPSA) is 34.9 Å². The average Bonchev–Trinajstić information content (AvgIpc) is 2.55. The van der Waals surface area contributed by atoms with Crippen LogP contribution in [0.2, 0.25) is 0 Å². The summed E-state index contributed by atoms with van der Waals surface area (Å²) in [5.74, 6) is 0.433. The van der Waals surface area contributed by atoms with Gasteiger partial charge in [0.25, 0.3) is 0 Å². The van der Waals surface area contributed by atoms with Crippen molar-refractivity contribution in [3.05, 3.63) is 18.7 Å². The van der Waals surface area contributed by atoms with E-state index in [-0.39, 0.29) is 11.7 Å². The van der Waals surface area contributed by atoms with Crippen molar-refractivity contribution in [3.8, 4) is 0 Å². The van der Waals surface area contributed by atoms with Crippen molar-refractivity contribution in [2.45, 2.75) is 26.8 Å². The Morgan fingerprint density at radius 3 is 2.92 bits per heavy atom. The van der Waals surface area contributed by atoms with E-state index in [9.17, 15) is 4.79 Å². The van der Waals surface area contributed by atoms with Gasteiger partial charge >= 0.3 is 0 Å². The van der Waals surface area contributed by atoms with Crippen molar-refractivity contribution in [1.29, 1.82) is 0 Å². The normalized spacial score (nSPS) is 12.8. The highest BCUT2D eigenvalue weighted by molar-refractivity contribution is 5.80. The van der Waals surface area contributed by atoms with Crippen LogP contribution in [0.5, 0.6) is 0 Å². The fourth-order valence-electron chi connectivity index (χ4n) is 0.944. The highest BCUT2D eigenvalue weighted by Gasteiger charge is 2.09. The summed E-state index contributed by atoms with van der Waals surface area (Å²) in [6.07, 6.45) is 6.07. The molecule has 66 valence electrons. The smallest absolute Gasteiger partial charge is 0.155 e. The maximum absolute atomic E-state index is 11.4. The zero-order valence-corrected chi connectivity index (χ0v) is 7.53. The van der Waals surface area contributed by atoms with Gasteiger partial charge in [0.05, 0.1) is 12.9 Å². The molecule has 0 aliphatic rings. The highest BCUT2D eigenvalue weighted by Crippen LogP contribution is 2.03. The predicted octanol–water partition coefficient (Wildman–Crippen LogP) is 1.50. The lowest BCUT2D eigenvalue weighted by molar-refractivity contribution is -0.123. The standard InChI is InChI=1S/C9H14N2O/c1-3-8(2)9(12)6-11-5-4-10-7-11/h4-5,7-8H,3,6H2,1-2H3. The van der Waals surface area contributed by atoms with Crippen LogP contribution >= 0.6 is 0 Å². The van der Waals surface area contributed by atoms with Crippen molar-refractivity contribution >= 4 is 5.78 Å². The molecule has 0 aliphatic carbocycles. The van der Waals surface area contributed by atoms with E-state index >= 15 is 0 Å². The molecule has 0 aliphatic heterocycles. The van der Waals surface area contributed by atoms with Crippen LogP contribution in [0.15, 0.2) is 18.7 Å². The fourth-order valence-corrected chi connectivity index (χ4v) is 0.944. The molecule has 0 bridgehead atoms. The van der Waals surface area contributed by atoms with Crippen molar-refractivity contribution in [2.24, 2.45) is 5.92 Å². The first-order chi connectivity index (χ1) is 5.74. The van der Waals surface area contributed by atoms with Gasteiger partial charge in [-0.1, -0.05) is 13.8 Å². The zero-order valence-electron chi connectivity index (χ0n) is 7.53. The number of rotatable bonds is 4. The Morgan fingerprint density at radius 1 is 1.67 bits per heavy atom. The molecule has 12 heavy (non-hydrogen) atoms. The van der Waals surface area contributed by atoms with Crippen LogP contribution in [0.4, 0.5) is 0 Å². The Hall–Kier alpha value is -1.12. The van der Waals surface area contributed by atoms with Gasteiger partial charge in [-0.2, -0.15) is 0 Å². The number of Topliss-reactive ketones (excluding diaryl/α,β-unsaturated/α-hetero) is 1. The van der Waals surface area contributed by atoms with Gasteiger partial charge in [0.15, 0.2) is 5.78 Å². The number of carbonyl (C=O) groups is 1. The Balaban J connectivity index is 2.47. The number of nitrogens with zero attached hydrogens (tertiary/aromatic N) is 2. The number of carbonyl (C=O) groups excluding carboxylic acids is 1. The first-order valence-corrected chi connectivity index (χ1v) is 4.22. The summed E-state index contributed by atoms with van der Waals surface area (Å²) in [4.78, 5) is 15.3. The van der Waals surface area contributed by atoms with E-state index in [0.29, 0.717) is 6.54 Å². The van der Waals surface area contributed by atoms with E-state index in [1.807, 2.05) is 13.8 Å². The summed E-state index contributed by atoms with van der Waals surface area (Å²) >= 11 is 0. The van der Waals surface area contributed by atoms with Crippen LogP contribution in [-0.4, -0.2) is 15.3 Å². The lowest BCUT2D eigenvalue weighted by Gasteiger charge is -2.06. The lowest BCUT2D eigenvalue weighted by Crippen LogP contribution is -2.16. The molecule has 0 spiro atoms. The van der Waals surface area contributed by atoms with Gasteiger partial charge in [-0.15, -0.1) is 0 Å². The second kappa shape index (κ2) is 4.04. The van der Waals surface area contributed by atoms with E-state index < -0.39 is 0 Å². The molecule has 0 fully saturated rings. The Bertz CT molecular complexity index is 241. The van der Waals surface area contributed by atoms with Gasteiger partial charge in [-0.3, -0.25) is 4.79 Å². The molecule has 1 heterocycles. The molecule has 0 radical (unpaired) electrons. The monoisotopic (exact) mass is 166 g/mol. The summed E-state index contributed by atoms with van der Waals surface area (Å²) < 4.78 is 1.80. The van der Waals surface area contributed by atoms with Crippen LogP contribution in [0.3, 0.4) is 0 Å². The van der Waals surface area contributed by atoms with Crippen LogP contribution in [0.1, 0.15) is 20.3 Å². The number of aromatic nitrogens is 2. The van der Waals surface area contributed by atoms with E-state index in [4.69, 9.17) is 0 Å². The first kappa shape index (κ1) is 8.97. The van der Waals surface area contributed by atoms with Gasteiger partial charge in [0.1, 0.15) is 0 Å². The molecule has 0 N–H and O–H groups in total. The summed E-state index contributed by atoms with van der Waals surface area (Å²) in [6.45, 7) is 4.44. The molecule has 0 aromatic carbocycles. The Kier molecular flexibility index (Phi) is 3.02. The van der Waals surface area contributed by atoms with E-state index in [1.54, 1.807) is 23.3 Å². The molecular formula is C9H14N2O. The van der Waals surface area contributed by atoms with Crippen molar-refractivity contribution in [2.75, 3.05) is 0 Å². The third-order valence-electron chi connectivity index (χ3n) is 2.06. The third kappa shape index (κ3) is 2.19. The zero-order chi connectivity index (χ0) is 8.97. The third-order valence-corrected chi connectivity index (χ3v) is 2.06. The molecule has 0 amide bonds. The second-order valence-corrected chi connectivity index (χ2v) is 3.01. The van der Waals surface area contributed by atoms with Crippen LogP contribution in [0.25, 0.3) is 0 Å². The number of hydrogen-bond acceptors (Lipinski definition) is 2. The minimum Gasteiger partial charge on any atom is -0.330 e. The lowest BCUT2D eigenvalue weighted by atomic mass is 10.0. The molecule has 0 saturated heterocycles. The highest BCUT2D eigenvalue weighted by atomic mass is 16.1. The van der Waals surface area contributed by atoms with Gasteiger partial charge < -0.3 is 4.57 Å². The molecular weight excluding hydrogens is 152 g/mol.